The number of aryl methyl sites for hydroxylation is 1. The fourth-order valence-corrected chi connectivity index (χ4v) is 1.50. The molecular weight excluding hydrogens is 221 g/mol. The van der Waals surface area contributed by atoms with Crippen molar-refractivity contribution in [2.75, 3.05) is 0 Å². The Morgan fingerprint density at radius 1 is 1.47 bits per heavy atom. The van der Waals surface area contributed by atoms with Gasteiger partial charge in [0.2, 0.25) is 0 Å². The van der Waals surface area contributed by atoms with Gasteiger partial charge in [-0.1, -0.05) is 0 Å². The minimum absolute atomic E-state index is 0.0477. The number of nitrogens with one attached hydrogen (secondary N) is 1. The molecule has 2 rings (SSSR count). The van der Waals surface area contributed by atoms with Gasteiger partial charge < -0.3 is 4.98 Å². The molecule has 84 valence electrons. The number of nitriles is 1. The predicted octanol–water partition coefficient (Wildman–Crippen LogP) is 1.76. The Labute approximate surface area is 96.4 Å². The molecule has 0 amide bonds. The molecule has 0 aliphatic carbocycles. The summed E-state index contributed by atoms with van der Waals surface area (Å²) in [4.78, 5) is 17.9. The van der Waals surface area contributed by atoms with Gasteiger partial charge in [0.05, 0.1) is 6.20 Å². The van der Waals surface area contributed by atoms with E-state index in [2.05, 4.69) is 9.97 Å². The van der Waals surface area contributed by atoms with Crippen LogP contribution in [-0.4, -0.2) is 9.97 Å². The minimum atomic E-state index is -0.499. The zero-order valence-electron chi connectivity index (χ0n) is 8.99. The first-order valence-corrected chi connectivity index (χ1v) is 4.88. The van der Waals surface area contributed by atoms with E-state index in [0.717, 1.165) is 0 Å². The van der Waals surface area contributed by atoms with Crippen molar-refractivity contribution in [1.82, 2.24) is 9.97 Å². The maximum absolute atomic E-state index is 12.9. The van der Waals surface area contributed by atoms with E-state index in [1.54, 1.807) is 13.0 Å². The third kappa shape index (κ3) is 2.06. The molecule has 1 N–H and O–H groups in total. The lowest BCUT2D eigenvalue weighted by Gasteiger charge is -2.04. The van der Waals surface area contributed by atoms with Crippen LogP contribution < -0.4 is 5.56 Å². The second-order valence-electron chi connectivity index (χ2n) is 3.55. The molecule has 1 heterocycles. The van der Waals surface area contributed by atoms with E-state index in [-0.39, 0.29) is 11.4 Å². The number of H-pyrrole nitrogens is 1. The maximum atomic E-state index is 12.9. The maximum Gasteiger partial charge on any atom is 0.269 e. The molecule has 0 spiro atoms. The highest BCUT2D eigenvalue weighted by Crippen LogP contribution is 2.19. The number of benzene rings is 1. The Kier molecular flexibility index (Phi) is 2.71. The molecule has 2 aromatic rings. The average Bonchev–Trinajstić information content (AvgIpc) is 2.29. The number of hydrogen-bond donors (Lipinski definition) is 1. The third-order valence-electron chi connectivity index (χ3n) is 2.36. The molecule has 1 aromatic carbocycles. The van der Waals surface area contributed by atoms with Crippen molar-refractivity contribution in [3.05, 3.63) is 51.7 Å². The molecule has 0 radical (unpaired) electrons. The molecule has 0 aliphatic heterocycles. The normalized spacial score (nSPS) is 9.94. The second-order valence-corrected chi connectivity index (χ2v) is 3.55. The molecule has 17 heavy (non-hydrogen) atoms. The third-order valence-corrected chi connectivity index (χ3v) is 2.36. The van der Waals surface area contributed by atoms with Crippen LogP contribution in [-0.2, 0) is 0 Å². The highest BCUT2D eigenvalue weighted by molar-refractivity contribution is 5.59. The lowest BCUT2D eigenvalue weighted by molar-refractivity contribution is 0.627. The molecule has 0 unspecified atom stereocenters. The number of hydrogen-bond acceptors (Lipinski definition) is 3. The molecule has 0 fully saturated rings. The van der Waals surface area contributed by atoms with Crippen LogP contribution in [0.4, 0.5) is 4.39 Å². The summed E-state index contributed by atoms with van der Waals surface area (Å²) in [7, 11) is 0. The highest BCUT2D eigenvalue weighted by Gasteiger charge is 2.07. The van der Waals surface area contributed by atoms with Gasteiger partial charge in [-0.25, -0.2) is 9.37 Å². The van der Waals surface area contributed by atoms with Gasteiger partial charge in [-0.15, -0.1) is 0 Å². The van der Waals surface area contributed by atoms with Crippen LogP contribution in [0.2, 0.25) is 0 Å². The van der Waals surface area contributed by atoms with E-state index in [1.165, 1.54) is 24.4 Å². The van der Waals surface area contributed by atoms with Crippen LogP contribution in [0.1, 0.15) is 11.1 Å². The van der Waals surface area contributed by atoms with E-state index in [9.17, 15) is 9.18 Å². The lowest BCUT2D eigenvalue weighted by atomic mass is 10.1. The van der Waals surface area contributed by atoms with Gasteiger partial charge in [-0.2, -0.15) is 5.26 Å². The molecule has 1 aromatic heterocycles. The lowest BCUT2D eigenvalue weighted by Crippen LogP contribution is -2.12. The first kappa shape index (κ1) is 11.0. The minimum Gasteiger partial charge on any atom is -0.305 e. The molecule has 5 heteroatoms. The topological polar surface area (TPSA) is 69.5 Å². The Balaban J connectivity index is 2.58. The van der Waals surface area contributed by atoms with E-state index in [0.29, 0.717) is 17.0 Å². The van der Waals surface area contributed by atoms with Crippen LogP contribution in [0.5, 0.6) is 0 Å². The molecule has 0 atom stereocenters. The summed E-state index contributed by atoms with van der Waals surface area (Å²) < 4.78 is 12.9. The summed E-state index contributed by atoms with van der Waals surface area (Å²) >= 11 is 0. The van der Waals surface area contributed by atoms with Crippen molar-refractivity contribution in [3.63, 3.8) is 0 Å². The van der Waals surface area contributed by atoms with E-state index in [1.807, 2.05) is 0 Å². The van der Waals surface area contributed by atoms with E-state index < -0.39 is 5.56 Å². The zero-order valence-corrected chi connectivity index (χ0v) is 8.99. The summed E-state index contributed by atoms with van der Waals surface area (Å²) in [5.41, 5.74) is 0.751. The first-order valence-electron chi connectivity index (χ1n) is 4.88. The van der Waals surface area contributed by atoms with Crippen LogP contribution in [0.25, 0.3) is 11.4 Å². The van der Waals surface area contributed by atoms with Gasteiger partial charge in [0.15, 0.2) is 0 Å². The Morgan fingerprint density at radius 2 is 2.24 bits per heavy atom. The fraction of sp³-hybridized carbons (Fsp3) is 0.0833. The standard InChI is InChI=1S/C12H8FN3O/c1-7-4-9(13)2-3-10(7)11-15-6-8(5-14)12(17)16-11/h2-4,6H,1H3,(H,15,16,17). The fourth-order valence-electron chi connectivity index (χ4n) is 1.50. The molecule has 0 aliphatic rings. The van der Waals surface area contributed by atoms with Crippen molar-refractivity contribution in [1.29, 1.82) is 5.26 Å². The largest absolute Gasteiger partial charge is 0.305 e. The number of aromatic nitrogens is 2. The van der Waals surface area contributed by atoms with Crippen molar-refractivity contribution < 1.29 is 4.39 Å². The van der Waals surface area contributed by atoms with Crippen molar-refractivity contribution in [2.24, 2.45) is 0 Å². The highest BCUT2D eigenvalue weighted by atomic mass is 19.1. The Bertz CT molecular complexity index is 670. The average molecular weight is 229 g/mol. The van der Waals surface area contributed by atoms with Crippen LogP contribution in [0.15, 0.2) is 29.2 Å². The summed E-state index contributed by atoms with van der Waals surface area (Å²) in [5, 5.41) is 8.61. The van der Waals surface area contributed by atoms with Gasteiger partial charge in [-0.05, 0) is 30.7 Å². The number of rotatable bonds is 1. The smallest absolute Gasteiger partial charge is 0.269 e. The number of nitrogens with zero attached hydrogens (tertiary/aromatic N) is 2. The Hall–Kier alpha value is -2.48. The summed E-state index contributed by atoms with van der Waals surface area (Å²) in [5.74, 6) is -0.0197. The van der Waals surface area contributed by atoms with Gasteiger partial charge in [0, 0.05) is 5.56 Å². The monoisotopic (exact) mass is 229 g/mol. The SMILES string of the molecule is Cc1cc(F)ccc1-c1ncc(C#N)c(=O)[nH]1. The van der Waals surface area contributed by atoms with Crippen molar-refractivity contribution in [3.8, 4) is 17.5 Å². The van der Waals surface area contributed by atoms with Crippen molar-refractivity contribution in [2.45, 2.75) is 6.92 Å². The van der Waals surface area contributed by atoms with Gasteiger partial charge in [-0.3, -0.25) is 4.79 Å². The molecule has 0 saturated carbocycles. The zero-order chi connectivity index (χ0) is 12.4. The van der Waals surface area contributed by atoms with Crippen LogP contribution in [0, 0.1) is 24.1 Å². The first-order chi connectivity index (χ1) is 8.11. The number of aromatic amines is 1. The molecule has 0 saturated heterocycles. The summed E-state index contributed by atoms with van der Waals surface area (Å²) in [6.07, 6.45) is 1.21. The van der Waals surface area contributed by atoms with Gasteiger partial charge in [0.25, 0.3) is 5.56 Å². The summed E-state index contributed by atoms with van der Waals surface area (Å²) in [6.45, 7) is 1.72. The Morgan fingerprint density at radius 3 is 2.82 bits per heavy atom. The van der Waals surface area contributed by atoms with Crippen LogP contribution >= 0.6 is 0 Å². The van der Waals surface area contributed by atoms with Crippen molar-refractivity contribution >= 4 is 0 Å². The van der Waals surface area contributed by atoms with Crippen LogP contribution in [0.3, 0.4) is 0 Å². The predicted molar refractivity (Wildman–Crippen MR) is 59.7 cm³/mol. The number of halogens is 1. The van der Waals surface area contributed by atoms with Gasteiger partial charge >= 0.3 is 0 Å². The summed E-state index contributed by atoms with van der Waals surface area (Å²) in [6, 6.07) is 5.91. The van der Waals surface area contributed by atoms with Gasteiger partial charge in [0.1, 0.15) is 23.3 Å². The van der Waals surface area contributed by atoms with E-state index >= 15 is 0 Å². The molecule has 4 nitrogen and oxygen atoms in total. The quantitative estimate of drug-likeness (QED) is 0.809. The van der Waals surface area contributed by atoms with E-state index in [4.69, 9.17) is 5.26 Å². The second kappa shape index (κ2) is 4.18. The molecular formula is C12H8FN3O. The molecule has 0 bridgehead atoms.